The zero-order valence-electron chi connectivity index (χ0n) is 16.3. The number of ether oxygens (including phenoxy) is 1. The number of nitrogens with one attached hydrogen (secondary N) is 3. The van der Waals surface area contributed by atoms with Gasteiger partial charge in [-0.15, -0.1) is 0 Å². The lowest BCUT2D eigenvalue weighted by atomic mass is 10.3. The highest BCUT2D eigenvalue weighted by molar-refractivity contribution is 6.04. The van der Waals surface area contributed by atoms with Crippen LogP contribution >= 0.6 is 0 Å². The molecule has 9 heteroatoms. The van der Waals surface area contributed by atoms with Crippen molar-refractivity contribution >= 4 is 23.4 Å². The minimum Gasteiger partial charge on any atom is -0.469 e. The summed E-state index contributed by atoms with van der Waals surface area (Å²) in [5.74, 6) is 1.60. The Morgan fingerprint density at radius 1 is 1.00 bits per heavy atom. The van der Waals surface area contributed by atoms with Crippen molar-refractivity contribution in [2.75, 3.05) is 10.6 Å². The minimum absolute atomic E-state index is 0.00197. The van der Waals surface area contributed by atoms with Crippen molar-refractivity contribution in [3.8, 4) is 11.5 Å². The fraction of sp³-hybridized carbons (Fsp3) is 0.0455. The molecule has 0 aliphatic rings. The van der Waals surface area contributed by atoms with Crippen LogP contribution in [-0.2, 0) is 6.42 Å². The Kier molecular flexibility index (Phi) is 5.66. The number of carbonyl (C=O) groups excluding carboxylic acids is 2. The molecule has 156 valence electrons. The van der Waals surface area contributed by atoms with E-state index >= 15 is 0 Å². The van der Waals surface area contributed by atoms with E-state index in [4.69, 9.17) is 14.9 Å². The van der Waals surface area contributed by atoms with E-state index < -0.39 is 11.9 Å². The lowest BCUT2D eigenvalue weighted by Crippen LogP contribution is -2.22. The van der Waals surface area contributed by atoms with Crippen LogP contribution in [0.4, 0.5) is 16.3 Å². The van der Waals surface area contributed by atoms with E-state index in [9.17, 15) is 9.59 Å². The molecule has 2 aromatic heterocycles. The summed E-state index contributed by atoms with van der Waals surface area (Å²) in [4.78, 5) is 31.3. The molecule has 4 rings (SSSR count). The monoisotopic (exact) mass is 417 g/mol. The summed E-state index contributed by atoms with van der Waals surface area (Å²) in [6, 6.07) is 19.1. The first-order valence-electron chi connectivity index (χ1n) is 9.39. The highest BCUT2D eigenvalue weighted by Crippen LogP contribution is 2.24. The first-order valence-corrected chi connectivity index (χ1v) is 9.39. The number of nitrogens with zero attached hydrogens (tertiary/aromatic N) is 1. The van der Waals surface area contributed by atoms with E-state index in [2.05, 4.69) is 20.6 Å². The Morgan fingerprint density at radius 2 is 1.81 bits per heavy atom. The van der Waals surface area contributed by atoms with E-state index in [0.717, 1.165) is 0 Å². The molecule has 0 spiro atoms. The summed E-state index contributed by atoms with van der Waals surface area (Å²) in [6.07, 6.45) is 1.85. The number of nitrogens with two attached hydrogens (primary N) is 1. The third-order valence-corrected chi connectivity index (χ3v) is 4.22. The van der Waals surface area contributed by atoms with Gasteiger partial charge >= 0.3 is 6.03 Å². The van der Waals surface area contributed by atoms with Gasteiger partial charge < -0.3 is 25.2 Å². The molecule has 0 aliphatic heterocycles. The van der Waals surface area contributed by atoms with Crippen LogP contribution in [-0.4, -0.2) is 21.9 Å². The normalized spacial score (nSPS) is 10.5. The van der Waals surface area contributed by atoms with Crippen molar-refractivity contribution in [2.24, 2.45) is 5.73 Å². The second-order valence-electron chi connectivity index (χ2n) is 6.55. The number of rotatable bonds is 7. The molecule has 0 saturated heterocycles. The summed E-state index contributed by atoms with van der Waals surface area (Å²) in [5.41, 5.74) is 5.90. The molecular weight excluding hydrogens is 398 g/mol. The number of aromatic amines is 1. The summed E-state index contributed by atoms with van der Waals surface area (Å²) in [5, 5.41) is 5.23. The largest absolute Gasteiger partial charge is 0.469 e. The van der Waals surface area contributed by atoms with Crippen molar-refractivity contribution in [1.82, 2.24) is 9.97 Å². The number of hydrogen-bond donors (Lipinski definition) is 4. The molecule has 4 aromatic rings. The molecule has 3 amide bonds. The van der Waals surface area contributed by atoms with E-state index in [-0.39, 0.29) is 11.5 Å². The molecule has 31 heavy (non-hydrogen) atoms. The number of primary amides is 1. The summed E-state index contributed by atoms with van der Waals surface area (Å²) >= 11 is 0. The molecule has 0 radical (unpaired) electrons. The van der Waals surface area contributed by atoms with Crippen molar-refractivity contribution in [3.63, 3.8) is 0 Å². The van der Waals surface area contributed by atoms with Gasteiger partial charge in [-0.05, 0) is 36.4 Å². The van der Waals surface area contributed by atoms with Crippen molar-refractivity contribution in [3.05, 3.63) is 90.3 Å². The number of para-hydroxylation sites is 1. The number of benzene rings is 2. The van der Waals surface area contributed by atoms with E-state index in [0.29, 0.717) is 35.2 Å². The number of aromatic nitrogens is 2. The van der Waals surface area contributed by atoms with Crippen LogP contribution in [0.3, 0.4) is 0 Å². The SMILES string of the molecule is NC(=O)c1[nH]c(Cc2ccco2)nc1NC(=O)Nc1cccc(Oc2ccccc2)c1. The summed E-state index contributed by atoms with van der Waals surface area (Å²) in [7, 11) is 0. The van der Waals surface area contributed by atoms with E-state index in [1.54, 1.807) is 36.4 Å². The maximum absolute atomic E-state index is 12.5. The van der Waals surface area contributed by atoms with Crippen LogP contribution in [0, 0.1) is 0 Å². The van der Waals surface area contributed by atoms with Crippen LogP contribution in [0.1, 0.15) is 22.1 Å². The van der Waals surface area contributed by atoms with Gasteiger partial charge in [0.25, 0.3) is 5.91 Å². The smallest absolute Gasteiger partial charge is 0.324 e. The average Bonchev–Trinajstić information content (AvgIpc) is 3.39. The van der Waals surface area contributed by atoms with E-state index in [1.807, 2.05) is 30.3 Å². The van der Waals surface area contributed by atoms with Gasteiger partial charge in [0.05, 0.1) is 12.7 Å². The number of anilines is 2. The summed E-state index contributed by atoms with van der Waals surface area (Å²) < 4.78 is 11.0. The molecule has 5 N–H and O–H groups in total. The fourth-order valence-corrected chi connectivity index (χ4v) is 2.88. The van der Waals surface area contributed by atoms with Crippen LogP contribution in [0.15, 0.2) is 77.4 Å². The number of carbonyl (C=O) groups is 2. The maximum Gasteiger partial charge on any atom is 0.324 e. The number of urea groups is 1. The number of furan rings is 1. The quantitative estimate of drug-likeness (QED) is 0.359. The molecule has 0 aliphatic carbocycles. The second kappa shape index (κ2) is 8.87. The molecule has 2 aromatic carbocycles. The third kappa shape index (κ3) is 5.10. The fourth-order valence-electron chi connectivity index (χ4n) is 2.88. The first-order chi connectivity index (χ1) is 15.1. The van der Waals surface area contributed by atoms with Crippen molar-refractivity contribution in [1.29, 1.82) is 0 Å². The molecular formula is C22H19N5O4. The molecule has 0 fully saturated rings. The maximum atomic E-state index is 12.5. The Bertz CT molecular complexity index is 1190. The van der Waals surface area contributed by atoms with Gasteiger partial charge in [0.1, 0.15) is 28.8 Å². The Labute approximate surface area is 177 Å². The zero-order chi connectivity index (χ0) is 21.6. The highest BCUT2D eigenvalue weighted by Gasteiger charge is 2.18. The Balaban J connectivity index is 1.44. The Morgan fingerprint density at radius 3 is 2.55 bits per heavy atom. The van der Waals surface area contributed by atoms with Gasteiger partial charge in [-0.2, -0.15) is 0 Å². The Hall–Kier alpha value is -4.53. The van der Waals surface area contributed by atoms with Gasteiger partial charge in [-0.25, -0.2) is 9.78 Å². The number of imidazole rings is 1. The number of hydrogen-bond acceptors (Lipinski definition) is 5. The van der Waals surface area contributed by atoms with Crippen molar-refractivity contribution in [2.45, 2.75) is 6.42 Å². The predicted octanol–water partition coefficient (Wildman–Crippen LogP) is 4.13. The van der Waals surface area contributed by atoms with Crippen LogP contribution in [0.2, 0.25) is 0 Å². The minimum atomic E-state index is -0.744. The van der Waals surface area contributed by atoms with Gasteiger partial charge in [0.2, 0.25) is 0 Å². The van der Waals surface area contributed by atoms with Gasteiger partial charge in [-0.1, -0.05) is 24.3 Å². The highest BCUT2D eigenvalue weighted by atomic mass is 16.5. The first kappa shape index (κ1) is 19.8. The molecule has 0 atom stereocenters. The lowest BCUT2D eigenvalue weighted by Gasteiger charge is -2.09. The van der Waals surface area contributed by atoms with Crippen LogP contribution in [0.25, 0.3) is 0 Å². The van der Waals surface area contributed by atoms with Crippen molar-refractivity contribution < 1.29 is 18.7 Å². The average molecular weight is 417 g/mol. The zero-order valence-corrected chi connectivity index (χ0v) is 16.3. The predicted molar refractivity (Wildman–Crippen MR) is 114 cm³/mol. The van der Waals surface area contributed by atoms with Gasteiger partial charge in [0, 0.05) is 11.8 Å². The standard InChI is InChI=1S/C22H19N5O4/c23-20(28)19-21(26-18(25-19)13-16-10-5-11-30-16)27-22(29)24-14-6-4-9-17(12-14)31-15-7-2-1-3-8-15/h1-12H,13H2,(H2,23,28)(H,25,26)(H2,24,27,29). The summed E-state index contributed by atoms with van der Waals surface area (Å²) in [6.45, 7) is 0. The van der Waals surface area contributed by atoms with Crippen LogP contribution in [0.5, 0.6) is 11.5 Å². The number of H-pyrrole nitrogens is 1. The van der Waals surface area contributed by atoms with Gasteiger partial charge in [0.15, 0.2) is 5.82 Å². The lowest BCUT2D eigenvalue weighted by molar-refractivity contribution is 0.0997. The van der Waals surface area contributed by atoms with Gasteiger partial charge in [-0.3, -0.25) is 10.1 Å². The molecule has 9 nitrogen and oxygen atoms in total. The van der Waals surface area contributed by atoms with E-state index in [1.165, 1.54) is 6.26 Å². The molecule has 0 bridgehead atoms. The molecule has 0 saturated carbocycles. The molecule has 0 unspecified atom stereocenters. The number of amides is 3. The topological polar surface area (TPSA) is 135 Å². The van der Waals surface area contributed by atoms with Crippen LogP contribution < -0.4 is 21.1 Å². The second-order valence-corrected chi connectivity index (χ2v) is 6.55. The third-order valence-electron chi connectivity index (χ3n) is 4.22. The molecule has 2 heterocycles.